The number of fused-ring (bicyclic) bond motifs is 3. The van der Waals surface area contributed by atoms with Gasteiger partial charge in [-0.1, -0.05) is 90.1 Å². The van der Waals surface area contributed by atoms with Crippen molar-refractivity contribution in [1.82, 2.24) is 14.8 Å². The van der Waals surface area contributed by atoms with Gasteiger partial charge in [-0.2, -0.15) is 0 Å². The molecular weight excluding hydrogens is 478 g/mol. The molecule has 0 unspecified atom stereocenters. The summed E-state index contributed by atoms with van der Waals surface area (Å²) in [6.45, 7) is 13.4. The van der Waals surface area contributed by atoms with E-state index in [1.54, 1.807) is 0 Å². The lowest BCUT2D eigenvalue weighted by atomic mass is 9.84. The molecule has 0 atom stereocenters. The van der Waals surface area contributed by atoms with Gasteiger partial charge in [-0.15, -0.1) is 10.2 Å². The summed E-state index contributed by atoms with van der Waals surface area (Å²) in [6.07, 6.45) is 0. The number of hydrogen-bond donors (Lipinski definition) is 0. The van der Waals surface area contributed by atoms with Crippen LogP contribution in [0.1, 0.15) is 76.0 Å². The average Bonchev–Trinajstić information content (AvgIpc) is 3.56. The third kappa shape index (κ3) is 4.34. The van der Waals surface area contributed by atoms with Gasteiger partial charge in [-0.05, 0) is 70.8 Å². The summed E-state index contributed by atoms with van der Waals surface area (Å²) in [5.74, 6) is 2.28. The molecule has 0 aliphatic rings. The summed E-state index contributed by atoms with van der Waals surface area (Å²) in [5.41, 5.74) is 9.37. The second kappa shape index (κ2) is 9.85. The van der Waals surface area contributed by atoms with Gasteiger partial charge in [-0.3, -0.25) is 0 Å². The molecule has 39 heavy (non-hydrogen) atoms. The van der Waals surface area contributed by atoms with E-state index in [1.807, 2.05) is 0 Å². The first-order valence-electron chi connectivity index (χ1n) is 13.9. The molecule has 4 nitrogen and oxygen atoms in total. The molecule has 0 amide bonds. The smallest absolute Gasteiger partial charge is 0.248 e. The number of nitrogens with zero attached hydrogens (tertiary/aromatic N) is 3. The van der Waals surface area contributed by atoms with Crippen molar-refractivity contribution in [2.24, 2.45) is 0 Å². The Kier molecular flexibility index (Phi) is 6.34. The fourth-order valence-electron chi connectivity index (χ4n) is 5.60. The molecule has 6 rings (SSSR count). The minimum Gasteiger partial charge on any atom is -0.416 e. The minimum absolute atomic E-state index is 0.344. The van der Waals surface area contributed by atoms with E-state index in [-0.39, 0.29) is 0 Å². The van der Waals surface area contributed by atoms with E-state index in [0.29, 0.717) is 29.5 Å². The number of hydrogen-bond acceptors (Lipinski definition) is 3. The summed E-state index contributed by atoms with van der Waals surface area (Å²) in [5, 5.41) is 11.6. The molecule has 0 aliphatic carbocycles. The number of rotatable bonds is 6. The fourth-order valence-corrected chi connectivity index (χ4v) is 5.60. The van der Waals surface area contributed by atoms with Crippen LogP contribution in [0.3, 0.4) is 0 Å². The van der Waals surface area contributed by atoms with Crippen LogP contribution >= 0.6 is 0 Å². The molecule has 0 saturated carbocycles. The third-order valence-electron chi connectivity index (χ3n) is 7.72. The zero-order valence-corrected chi connectivity index (χ0v) is 23.6. The Balaban J connectivity index is 1.42. The summed E-state index contributed by atoms with van der Waals surface area (Å²) in [6, 6.07) is 30.2. The molecule has 0 fully saturated rings. The Morgan fingerprint density at radius 2 is 1.10 bits per heavy atom. The first-order chi connectivity index (χ1) is 18.8. The largest absolute Gasteiger partial charge is 0.416 e. The number of para-hydroxylation sites is 2. The van der Waals surface area contributed by atoms with Crippen molar-refractivity contribution < 1.29 is 4.42 Å². The van der Waals surface area contributed by atoms with Crippen LogP contribution in [-0.2, 0) is 0 Å². The van der Waals surface area contributed by atoms with Crippen molar-refractivity contribution in [3.05, 3.63) is 102 Å². The summed E-state index contributed by atoms with van der Waals surface area (Å²) >= 11 is 0. The molecule has 2 aromatic heterocycles. The predicted molar refractivity (Wildman–Crippen MR) is 162 cm³/mol. The van der Waals surface area contributed by atoms with Crippen molar-refractivity contribution in [2.45, 2.75) is 59.3 Å². The molecule has 0 spiro atoms. The second-order valence-corrected chi connectivity index (χ2v) is 11.4. The Bertz CT molecular complexity index is 1700. The van der Waals surface area contributed by atoms with Crippen LogP contribution in [0, 0.1) is 0 Å². The standard InChI is InChI=1S/C35H35N3O/c1-21(2)25-19-29(22(3)4)33(30(20-25)23(5)6)35-37-36-34(39-35)24-15-17-26(18-16-24)38-31-13-9-7-11-27(31)28-12-8-10-14-32(28)38/h7-23H,1-6H3. The quantitative estimate of drug-likeness (QED) is 0.223. The maximum atomic E-state index is 6.38. The van der Waals surface area contributed by atoms with Gasteiger partial charge in [0.05, 0.1) is 11.0 Å². The van der Waals surface area contributed by atoms with Crippen molar-refractivity contribution >= 4 is 21.8 Å². The van der Waals surface area contributed by atoms with Crippen molar-refractivity contribution in [3.8, 4) is 28.6 Å². The van der Waals surface area contributed by atoms with E-state index in [9.17, 15) is 0 Å². The van der Waals surface area contributed by atoms with Gasteiger partial charge in [0.2, 0.25) is 11.8 Å². The van der Waals surface area contributed by atoms with Gasteiger partial charge in [0.15, 0.2) is 0 Å². The molecule has 6 aromatic rings. The highest BCUT2D eigenvalue weighted by atomic mass is 16.4. The van der Waals surface area contributed by atoms with Crippen LogP contribution in [0.15, 0.2) is 89.3 Å². The molecule has 4 heteroatoms. The zero-order valence-electron chi connectivity index (χ0n) is 23.6. The Labute approximate surface area is 230 Å². The SMILES string of the molecule is CC(C)c1cc(C(C)C)c(-c2nnc(-c3ccc(-n4c5ccccc5c5ccccc54)cc3)o2)c(C(C)C)c1. The molecule has 0 aliphatic heterocycles. The highest BCUT2D eigenvalue weighted by Crippen LogP contribution is 2.39. The highest BCUT2D eigenvalue weighted by molar-refractivity contribution is 6.09. The lowest BCUT2D eigenvalue weighted by molar-refractivity contribution is 0.581. The molecule has 4 aromatic carbocycles. The minimum atomic E-state index is 0.344. The van der Waals surface area contributed by atoms with E-state index in [2.05, 4.69) is 141 Å². The van der Waals surface area contributed by atoms with Gasteiger partial charge >= 0.3 is 0 Å². The van der Waals surface area contributed by atoms with E-state index in [1.165, 1.54) is 38.5 Å². The van der Waals surface area contributed by atoms with Crippen molar-refractivity contribution in [2.75, 3.05) is 0 Å². The number of benzene rings is 4. The Hall–Kier alpha value is -4.18. The van der Waals surface area contributed by atoms with Crippen LogP contribution in [0.2, 0.25) is 0 Å². The van der Waals surface area contributed by atoms with E-state index >= 15 is 0 Å². The van der Waals surface area contributed by atoms with Crippen molar-refractivity contribution in [3.63, 3.8) is 0 Å². The maximum Gasteiger partial charge on any atom is 0.248 e. The molecule has 0 bridgehead atoms. The Morgan fingerprint density at radius 3 is 1.62 bits per heavy atom. The van der Waals surface area contributed by atoms with E-state index < -0.39 is 0 Å². The predicted octanol–water partition coefficient (Wildman–Crippen LogP) is 9.87. The molecule has 0 saturated heterocycles. The van der Waals surface area contributed by atoms with Gasteiger partial charge < -0.3 is 8.98 Å². The highest BCUT2D eigenvalue weighted by Gasteiger charge is 2.23. The average molecular weight is 514 g/mol. The van der Waals surface area contributed by atoms with E-state index in [0.717, 1.165) is 16.8 Å². The van der Waals surface area contributed by atoms with Crippen molar-refractivity contribution in [1.29, 1.82) is 0 Å². The van der Waals surface area contributed by atoms with Crippen LogP contribution in [0.25, 0.3) is 50.4 Å². The fraction of sp³-hybridized carbons (Fsp3) is 0.257. The summed E-state index contributed by atoms with van der Waals surface area (Å²) in [7, 11) is 0. The van der Waals surface area contributed by atoms with Gasteiger partial charge in [0.1, 0.15) is 0 Å². The monoisotopic (exact) mass is 513 g/mol. The van der Waals surface area contributed by atoms with Crippen LogP contribution in [0.5, 0.6) is 0 Å². The third-order valence-corrected chi connectivity index (χ3v) is 7.72. The molecular formula is C35H35N3O. The summed E-state index contributed by atoms with van der Waals surface area (Å²) in [4.78, 5) is 0. The molecule has 196 valence electrons. The number of aromatic nitrogens is 3. The normalized spacial score (nSPS) is 12.0. The first-order valence-corrected chi connectivity index (χ1v) is 13.9. The maximum absolute atomic E-state index is 6.38. The van der Waals surface area contributed by atoms with Gasteiger partial charge in [0.25, 0.3) is 0 Å². The van der Waals surface area contributed by atoms with Gasteiger partial charge in [0, 0.05) is 27.6 Å². The Morgan fingerprint density at radius 1 is 0.590 bits per heavy atom. The van der Waals surface area contributed by atoms with Crippen LogP contribution < -0.4 is 0 Å². The van der Waals surface area contributed by atoms with Gasteiger partial charge in [-0.25, -0.2) is 0 Å². The topological polar surface area (TPSA) is 43.9 Å². The van der Waals surface area contributed by atoms with Crippen LogP contribution in [-0.4, -0.2) is 14.8 Å². The second-order valence-electron chi connectivity index (χ2n) is 11.4. The zero-order chi connectivity index (χ0) is 27.3. The first kappa shape index (κ1) is 25.1. The molecule has 2 heterocycles. The lowest BCUT2D eigenvalue weighted by Crippen LogP contribution is -2.03. The molecule has 0 radical (unpaired) electrons. The summed E-state index contributed by atoms with van der Waals surface area (Å²) < 4.78 is 8.69. The van der Waals surface area contributed by atoms with Crippen LogP contribution in [0.4, 0.5) is 0 Å². The van der Waals surface area contributed by atoms with E-state index in [4.69, 9.17) is 4.42 Å². The lowest BCUT2D eigenvalue weighted by Gasteiger charge is -2.20. The molecule has 0 N–H and O–H groups in total.